The molecule has 0 radical (unpaired) electrons. The fourth-order valence-electron chi connectivity index (χ4n) is 2.90. The Kier molecular flexibility index (Phi) is 6.61. The number of benzene rings is 2. The van der Waals surface area contributed by atoms with Crippen molar-refractivity contribution in [2.45, 2.75) is 19.4 Å². The van der Waals surface area contributed by atoms with Crippen molar-refractivity contribution in [1.82, 2.24) is 9.55 Å². The van der Waals surface area contributed by atoms with Crippen LogP contribution in [-0.4, -0.2) is 29.7 Å². The number of fused-ring (bicyclic) bond motifs is 1. The molecule has 0 saturated heterocycles. The summed E-state index contributed by atoms with van der Waals surface area (Å²) >= 11 is 11.9. The second-order valence-corrected chi connectivity index (χ2v) is 7.15. The number of amides is 1. The first-order chi connectivity index (χ1) is 13.9. The molecule has 1 heterocycles. The highest BCUT2D eigenvalue weighted by Crippen LogP contribution is 2.29. The van der Waals surface area contributed by atoms with Crippen LogP contribution in [0.4, 0.5) is 5.69 Å². The van der Waals surface area contributed by atoms with Gasteiger partial charge >= 0.3 is 0 Å². The molecule has 3 aromatic rings. The molecule has 9 heteroatoms. The predicted molar refractivity (Wildman–Crippen MR) is 113 cm³/mol. The van der Waals surface area contributed by atoms with Crippen LogP contribution in [0.3, 0.4) is 0 Å². The lowest BCUT2D eigenvalue weighted by atomic mass is 10.2. The lowest BCUT2D eigenvalue weighted by molar-refractivity contribution is -0.116. The van der Waals surface area contributed by atoms with Gasteiger partial charge in [-0.15, -0.1) is 0 Å². The fourth-order valence-corrected chi connectivity index (χ4v) is 3.43. The van der Waals surface area contributed by atoms with Crippen molar-refractivity contribution in [3.63, 3.8) is 0 Å². The minimum atomic E-state index is -0.210. The van der Waals surface area contributed by atoms with Crippen molar-refractivity contribution in [3.8, 4) is 11.5 Å². The summed E-state index contributed by atoms with van der Waals surface area (Å²) in [6, 6.07) is 8.08. The molecule has 0 atom stereocenters. The van der Waals surface area contributed by atoms with Crippen molar-refractivity contribution in [2.75, 3.05) is 19.5 Å². The Balaban J connectivity index is 1.68. The van der Waals surface area contributed by atoms with Gasteiger partial charge in [0.2, 0.25) is 5.91 Å². The molecular formula is C20H19Cl2N3O4. The zero-order valence-electron chi connectivity index (χ0n) is 15.9. The maximum atomic E-state index is 12.7. The van der Waals surface area contributed by atoms with Crippen LogP contribution >= 0.6 is 23.2 Å². The Morgan fingerprint density at radius 3 is 2.38 bits per heavy atom. The van der Waals surface area contributed by atoms with Crippen LogP contribution < -0.4 is 20.3 Å². The van der Waals surface area contributed by atoms with Gasteiger partial charge < -0.3 is 14.8 Å². The van der Waals surface area contributed by atoms with Gasteiger partial charge in [0.15, 0.2) is 11.5 Å². The Morgan fingerprint density at radius 1 is 1.07 bits per heavy atom. The molecule has 1 N–H and O–H groups in total. The molecule has 29 heavy (non-hydrogen) atoms. The number of aryl methyl sites for hydroxylation is 1. The molecule has 0 unspecified atom stereocenters. The van der Waals surface area contributed by atoms with E-state index in [4.69, 9.17) is 32.7 Å². The molecular weight excluding hydrogens is 417 g/mol. The Bertz CT molecular complexity index is 1090. The number of hydrogen-bond donors (Lipinski definition) is 1. The molecule has 7 nitrogen and oxygen atoms in total. The average Bonchev–Trinajstić information content (AvgIpc) is 2.68. The molecule has 0 saturated carbocycles. The highest BCUT2D eigenvalue weighted by Gasteiger charge is 2.11. The maximum Gasteiger partial charge on any atom is 0.261 e. The minimum absolute atomic E-state index is 0.198. The summed E-state index contributed by atoms with van der Waals surface area (Å²) in [6.45, 7) is 0.347. The lowest BCUT2D eigenvalue weighted by Gasteiger charge is -2.11. The molecule has 152 valence electrons. The van der Waals surface area contributed by atoms with E-state index in [1.807, 2.05) is 0 Å². The van der Waals surface area contributed by atoms with Gasteiger partial charge in [-0.2, -0.15) is 0 Å². The number of halogens is 2. The zero-order valence-corrected chi connectivity index (χ0v) is 17.4. The molecule has 0 bridgehead atoms. The summed E-state index contributed by atoms with van der Waals surface area (Å²) in [5.41, 5.74) is 0.829. The number of nitrogens with one attached hydrogen (secondary N) is 1. The van der Waals surface area contributed by atoms with Crippen LogP contribution in [0.1, 0.15) is 12.8 Å². The van der Waals surface area contributed by atoms with Crippen LogP contribution in [0.15, 0.2) is 41.5 Å². The largest absolute Gasteiger partial charge is 0.493 e. The van der Waals surface area contributed by atoms with Crippen molar-refractivity contribution < 1.29 is 14.3 Å². The van der Waals surface area contributed by atoms with Gasteiger partial charge in [0.05, 0.1) is 31.4 Å². The third-order valence-electron chi connectivity index (χ3n) is 4.28. The van der Waals surface area contributed by atoms with Gasteiger partial charge in [0, 0.05) is 34.8 Å². The van der Waals surface area contributed by atoms with Crippen LogP contribution in [0.5, 0.6) is 11.5 Å². The average molecular weight is 436 g/mol. The van der Waals surface area contributed by atoms with Gasteiger partial charge in [0.1, 0.15) is 0 Å². The number of anilines is 1. The van der Waals surface area contributed by atoms with Crippen LogP contribution in [-0.2, 0) is 11.3 Å². The summed E-state index contributed by atoms with van der Waals surface area (Å²) in [5, 5.41) is 4.04. The van der Waals surface area contributed by atoms with E-state index in [2.05, 4.69) is 10.3 Å². The van der Waals surface area contributed by atoms with Gasteiger partial charge in [-0.3, -0.25) is 14.2 Å². The van der Waals surface area contributed by atoms with E-state index in [-0.39, 0.29) is 17.9 Å². The number of carbonyl (C=O) groups is 1. The summed E-state index contributed by atoms with van der Waals surface area (Å²) in [7, 11) is 3.03. The molecule has 1 amide bonds. The molecule has 0 aliphatic rings. The molecule has 1 aromatic heterocycles. The summed E-state index contributed by atoms with van der Waals surface area (Å²) < 4.78 is 12.0. The number of aromatic nitrogens is 2. The van der Waals surface area contributed by atoms with E-state index in [9.17, 15) is 9.59 Å². The molecule has 0 aliphatic heterocycles. The fraction of sp³-hybridized carbons (Fsp3) is 0.250. The number of hydrogen-bond acceptors (Lipinski definition) is 5. The highest BCUT2D eigenvalue weighted by atomic mass is 35.5. The molecule has 0 fully saturated rings. The topological polar surface area (TPSA) is 82.5 Å². The first-order valence-corrected chi connectivity index (χ1v) is 9.54. The molecule has 2 aromatic carbocycles. The predicted octanol–water partition coefficient (Wildman–Crippen LogP) is 4.14. The normalized spacial score (nSPS) is 10.8. The summed E-state index contributed by atoms with van der Waals surface area (Å²) in [6.07, 6.45) is 2.15. The number of nitrogens with zero attached hydrogens (tertiary/aromatic N) is 2. The van der Waals surface area contributed by atoms with Gasteiger partial charge in [-0.25, -0.2) is 4.98 Å². The van der Waals surface area contributed by atoms with Gasteiger partial charge in [0.25, 0.3) is 5.56 Å². The van der Waals surface area contributed by atoms with Gasteiger partial charge in [-0.1, -0.05) is 23.2 Å². The van der Waals surface area contributed by atoms with E-state index in [1.165, 1.54) is 25.1 Å². The van der Waals surface area contributed by atoms with E-state index in [0.717, 1.165) is 0 Å². The van der Waals surface area contributed by atoms with E-state index < -0.39 is 0 Å². The van der Waals surface area contributed by atoms with E-state index >= 15 is 0 Å². The minimum Gasteiger partial charge on any atom is -0.493 e. The van der Waals surface area contributed by atoms with E-state index in [1.54, 1.807) is 30.3 Å². The standard InChI is InChI=1S/C20H19Cl2N3O4/c1-28-17-9-15-16(10-18(17)29-2)23-11-25(20(15)27)5-3-4-19(26)24-14-7-12(21)6-13(22)8-14/h6-11H,3-5H2,1-2H3,(H,24,26). The quantitative estimate of drug-likeness (QED) is 0.602. The third-order valence-corrected chi connectivity index (χ3v) is 4.71. The number of ether oxygens (including phenoxy) is 2. The van der Waals surface area contributed by atoms with Crippen LogP contribution in [0.25, 0.3) is 10.9 Å². The first kappa shape index (κ1) is 21.0. The second-order valence-electron chi connectivity index (χ2n) is 6.28. The molecule has 0 spiro atoms. The molecule has 0 aliphatic carbocycles. The van der Waals surface area contributed by atoms with Crippen molar-refractivity contribution >= 4 is 45.7 Å². The number of carbonyl (C=O) groups excluding carboxylic acids is 1. The zero-order chi connectivity index (χ0) is 21.0. The Morgan fingerprint density at radius 2 is 1.72 bits per heavy atom. The lowest BCUT2D eigenvalue weighted by Crippen LogP contribution is -2.22. The van der Waals surface area contributed by atoms with Crippen molar-refractivity contribution in [1.29, 1.82) is 0 Å². The Labute approximate surface area is 177 Å². The first-order valence-electron chi connectivity index (χ1n) is 8.78. The van der Waals surface area contributed by atoms with E-state index in [0.29, 0.717) is 51.1 Å². The van der Waals surface area contributed by atoms with Crippen molar-refractivity contribution in [3.05, 3.63) is 57.1 Å². The van der Waals surface area contributed by atoms with Crippen molar-refractivity contribution in [2.24, 2.45) is 0 Å². The van der Waals surface area contributed by atoms with Gasteiger partial charge in [-0.05, 0) is 30.7 Å². The Hall–Kier alpha value is -2.77. The summed E-state index contributed by atoms with van der Waals surface area (Å²) in [5.74, 6) is 0.759. The van der Waals surface area contributed by atoms with Crippen LogP contribution in [0.2, 0.25) is 10.0 Å². The smallest absolute Gasteiger partial charge is 0.261 e. The molecule has 3 rings (SSSR count). The monoisotopic (exact) mass is 435 g/mol. The maximum absolute atomic E-state index is 12.7. The summed E-state index contributed by atoms with van der Waals surface area (Å²) in [4.78, 5) is 29.2. The number of methoxy groups -OCH3 is 2. The van der Waals surface area contributed by atoms with Crippen LogP contribution in [0, 0.1) is 0 Å². The SMILES string of the molecule is COc1cc2ncn(CCCC(=O)Nc3cc(Cl)cc(Cl)c3)c(=O)c2cc1OC. The highest BCUT2D eigenvalue weighted by molar-refractivity contribution is 6.35. The number of rotatable bonds is 7. The third kappa shape index (κ3) is 4.99. The second kappa shape index (κ2) is 9.15.